The van der Waals surface area contributed by atoms with Crippen molar-refractivity contribution in [2.24, 2.45) is 11.8 Å². The van der Waals surface area contributed by atoms with Gasteiger partial charge < -0.3 is 20.0 Å². The highest BCUT2D eigenvalue weighted by atomic mass is 19.4. The molecule has 2 heterocycles. The van der Waals surface area contributed by atoms with Gasteiger partial charge in [-0.15, -0.1) is 0 Å². The number of rotatable bonds is 4. The number of hydrogen-bond acceptors (Lipinski definition) is 4. The van der Waals surface area contributed by atoms with Crippen LogP contribution in [0, 0.1) is 11.8 Å². The van der Waals surface area contributed by atoms with Gasteiger partial charge >= 0.3 is 24.3 Å². The predicted molar refractivity (Wildman–Crippen MR) is 124 cm³/mol. The molecule has 0 bridgehead atoms. The summed E-state index contributed by atoms with van der Waals surface area (Å²) in [5.74, 6) is -3.72. The SMILES string of the molecule is CC(C1CCN(CC2Cc3ccccc3C2)CC1)N1CCCC1.O=C(O)C(F)(F)F.O=C(O)C(F)(F)F. The van der Waals surface area contributed by atoms with Gasteiger partial charge in [-0.2, -0.15) is 26.3 Å². The van der Waals surface area contributed by atoms with Gasteiger partial charge in [0.05, 0.1) is 0 Å². The van der Waals surface area contributed by atoms with Gasteiger partial charge in [0.1, 0.15) is 0 Å². The average molecular weight is 541 g/mol. The van der Waals surface area contributed by atoms with E-state index in [0.29, 0.717) is 0 Å². The zero-order valence-corrected chi connectivity index (χ0v) is 20.7. The number of likely N-dealkylation sites (tertiary alicyclic amines) is 2. The minimum Gasteiger partial charge on any atom is -0.475 e. The Bertz CT molecular complexity index is 830. The molecule has 0 aromatic heterocycles. The summed E-state index contributed by atoms with van der Waals surface area (Å²) in [6, 6.07) is 9.88. The number of piperidine rings is 1. The van der Waals surface area contributed by atoms with Crippen molar-refractivity contribution in [1.29, 1.82) is 0 Å². The van der Waals surface area contributed by atoms with Crippen LogP contribution in [0.2, 0.25) is 0 Å². The van der Waals surface area contributed by atoms with Crippen LogP contribution in [-0.4, -0.2) is 83.1 Å². The Morgan fingerprint density at radius 3 is 1.65 bits per heavy atom. The van der Waals surface area contributed by atoms with Gasteiger partial charge in [0.15, 0.2) is 0 Å². The second-order valence-corrected chi connectivity index (χ2v) is 9.77. The molecule has 1 aliphatic carbocycles. The molecule has 3 aliphatic rings. The van der Waals surface area contributed by atoms with Crippen LogP contribution >= 0.6 is 0 Å². The molecule has 0 radical (unpaired) electrons. The van der Waals surface area contributed by atoms with E-state index in [1.165, 1.54) is 71.2 Å². The number of hydrogen-bond donors (Lipinski definition) is 2. The monoisotopic (exact) mass is 540 g/mol. The molecular formula is C25H34F6N2O4. The smallest absolute Gasteiger partial charge is 0.475 e. The molecule has 2 fully saturated rings. The maximum absolute atomic E-state index is 10.6. The van der Waals surface area contributed by atoms with Gasteiger partial charge in [0, 0.05) is 12.6 Å². The van der Waals surface area contributed by atoms with Gasteiger partial charge in [0.25, 0.3) is 0 Å². The van der Waals surface area contributed by atoms with Crippen molar-refractivity contribution in [3.05, 3.63) is 35.4 Å². The van der Waals surface area contributed by atoms with Crippen LogP contribution < -0.4 is 0 Å². The third-order valence-corrected chi connectivity index (χ3v) is 7.17. The second kappa shape index (κ2) is 13.5. The lowest BCUT2D eigenvalue weighted by Gasteiger charge is -2.39. The maximum Gasteiger partial charge on any atom is 0.490 e. The van der Waals surface area contributed by atoms with Gasteiger partial charge in [0.2, 0.25) is 0 Å². The third kappa shape index (κ3) is 10.1. The number of carboxylic acids is 2. The summed E-state index contributed by atoms with van der Waals surface area (Å²) in [6.07, 6.45) is -1.88. The number of carbonyl (C=O) groups is 2. The summed E-state index contributed by atoms with van der Waals surface area (Å²) in [7, 11) is 0. The van der Waals surface area contributed by atoms with Crippen molar-refractivity contribution < 1.29 is 46.1 Å². The molecule has 1 atom stereocenters. The molecular weight excluding hydrogens is 506 g/mol. The highest BCUT2D eigenvalue weighted by Crippen LogP contribution is 2.30. The Hall–Kier alpha value is -2.34. The van der Waals surface area contributed by atoms with E-state index in [0.717, 1.165) is 17.9 Å². The Morgan fingerprint density at radius 1 is 0.865 bits per heavy atom. The number of fused-ring (bicyclic) bond motifs is 1. The highest BCUT2D eigenvalue weighted by Gasteiger charge is 2.39. The lowest BCUT2D eigenvalue weighted by Crippen LogP contribution is -2.44. The summed E-state index contributed by atoms with van der Waals surface area (Å²) < 4.78 is 63.5. The molecule has 2 aliphatic heterocycles. The summed E-state index contributed by atoms with van der Waals surface area (Å²) in [6.45, 7) is 9.16. The van der Waals surface area contributed by atoms with E-state index in [9.17, 15) is 26.3 Å². The lowest BCUT2D eigenvalue weighted by atomic mass is 9.89. The molecule has 2 saturated heterocycles. The summed E-state index contributed by atoms with van der Waals surface area (Å²) in [5.41, 5.74) is 3.21. The van der Waals surface area contributed by atoms with E-state index in [4.69, 9.17) is 19.8 Å². The summed E-state index contributed by atoms with van der Waals surface area (Å²) >= 11 is 0. The van der Waals surface area contributed by atoms with Gasteiger partial charge in [-0.25, -0.2) is 9.59 Å². The molecule has 210 valence electrons. The van der Waals surface area contributed by atoms with Gasteiger partial charge in [-0.05, 0) is 94.6 Å². The van der Waals surface area contributed by atoms with E-state index in [-0.39, 0.29) is 0 Å². The van der Waals surface area contributed by atoms with E-state index in [2.05, 4.69) is 41.0 Å². The second-order valence-electron chi connectivity index (χ2n) is 9.77. The van der Waals surface area contributed by atoms with Crippen LogP contribution in [0.25, 0.3) is 0 Å². The standard InChI is InChI=1S/C21H32N2.2C2HF3O2/c1-17(23-10-4-5-11-23)19-8-12-22(13-9-19)16-18-14-20-6-2-3-7-21(20)15-18;2*3-2(4,5)1(6)7/h2-3,6-7,17-19H,4-5,8-16H2,1H3;2*(H,6,7). The summed E-state index contributed by atoms with van der Waals surface area (Å²) in [5, 5.41) is 14.2. The van der Waals surface area contributed by atoms with Crippen molar-refractivity contribution in [1.82, 2.24) is 9.80 Å². The van der Waals surface area contributed by atoms with E-state index in [1.54, 1.807) is 11.1 Å². The minimum atomic E-state index is -5.08. The van der Waals surface area contributed by atoms with Crippen LogP contribution in [0.4, 0.5) is 26.3 Å². The fourth-order valence-electron chi connectivity index (χ4n) is 5.21. The van der Waals surface area contributed by atoms with Crippen LogP contribution in [0.15, 0.2) is 24.3 Å². The fraction of sp³-hybridized carbons (Fsp3) is 0.680. The molecule has 1 aromatic carbocycles. The molecule has 2 N–H and O–H groups in total. The maximum atomic E-state index is 10.6. The van der Waals surface area contributed by atoms with E-state index < -0.39 is 24.3 Å². The van der Waals surface area contributed by atoms with Crippen molar-refractivity contribution in [2.75, 3.05) is 32.7 Å². The first-order valence-corrected chi connectivity index (χ1v) is 12.3. The summed E-state index contributed by atoms with van der Waals surface area (Å²) in [4.78, 5) is 23.3. The zero-order valence-electron chi connectivity index (χ0n) is 20.7. The number of benzene rings is 1. The zero-order chi connectivity index (χ0) is 27.8. The molecule has 12 heteroatoms. The Kier molecular flexibility index (Phi) is 11.2. The van der Waals surface area contributed by atoms with Crippen LogP contribution in [0.1, 0.15) is 43.7 Å². The Balaban J connectivity index is 0.000000286. The molecule has 1 aromatic rings. The van der Waals surface area contributed by atoms with E-state index >= 15 is 0 Å². The average Bonchev–Trinajstić information content (AvgIpc) is 3.48. The quantitative estimate of drug-likeness (QED) is 0.531. The highest BCUT2D eigenvalue weighted by molar-refractivity contribution is 5.73. The number of carboxylic acid groups (broad SMARTS) is 2. The fourth-order valence-corrected chi connectivity index (χ4v) is 5.21. The lowest BCUT2D eigenvalue weighted by molar-refractivity contribution is -0.193. The largest absolute Gasteiger partial charge is 0.490 e. The molecule has 37 heavy (non-hydrogen) atoms. The van der Waals surface area contributed by atoms with Crippen molar-refractivity contribution >= 4 is 11.9 Å². The number of aliphatic carboxylic acids is 2. The first kappa shape index (κ1) is 30.9. The predicted octanol–water partition coefficient (Wildman–Crippen LogP) is 4.86. The molecule has 6 nitrogen and oxygen atoms in total. The first-order chi connectivity index (χ1) is 17.2. The van der Waals surface area contributed by atoms with E-state index in [1.807, 2.05) is 0 Å². The van der Waals surface area contributed by atoms with Gasteiger partial charge in [-0.1, -0.05) is 24.3 Å². The first-order valence-electron chi connectivity index (χ1n) is 12.3. The normalized spacial score (nSPS) is 20.3. The number of halogens is 6. The van der Waals surface area contributed by atoms with Crippen molar-refractivity contribution in [2.45, 2.75) is 63.8 Å². The van der Waals surface area contributed by atoms with Crippen molar-refractivity contribution in [3.8, 4) is 0 Å². The molecule has 4 rings (SSSR count). The third-order valence-electron chi connectivity index (χ3n) is 7.17. The van der Waals surface area contributed by atoms with Crippen LogP contribution in [-0.2, 0) is 22.4 Å². The topological polar surface area (TPSA) is 81.1 Å². The van der Waals surface area contributed by atoms with Crippen LogP contribution in [0.3, 0.4) is 0 Å². The van der Waals surface area contributed by atoms with Crippen LogP contribution in [0.5, 0.6) is 0 Å². The number of nitrogens with zero attached hydrogens (tertiary/aromatic N) is 2. The number of alkyl halides is 6. The minimum absolute atomic E-state index is 0.815. The molecule has 1 unspecified atom stereocenters. The van der Waals surface area contributed by atoms with Gasteiger partial charge in [-0.3, -0.25) is 0 Å². The molecule has 0 amide bonds. The molecule has 0 spiro atoms. The Morgan fingerprint density at radius 2 is 1.27 bits per heavy atom. The Labute approximate surface area is 212 Å². The van der Waals surface area contributed by atoms with Crippen molar-refractivity contribution in [3.63, 3.8) is 0 Å². The molecule has 0 saturated carbocycles.